The third-order valence-electron chi connectivity index (χ3n) is 2.26. The lowest BCUT2D eigenvalue weighted by Gasteiger charge is -2.16. The van der Waals surface area contributed by atoms with Gasteiger partial charge >= 0.3 is 0 Å². The highest BCUT2D eigenvalue weighted by Crippen LogP contribution is 2.24. The molecule has 3 nitrogen and oxygen atoms in total. The van der Waals surface area contributed by atoms with E-state index in [0.717, 1.165) is 12.1 Å². The molecule has 0 saturated heterocycles. The second kappa shape index (κ2) is 5.03. The summed E-state index contributed by atoms with van der Waals surface area (Å²) in [6.45, 7) is 7.20. The van der Waals surface area contributed by atoms with E-state index in [1.54, 1.807) is 12.1 Å². The Balaban J connectivity index is 2.68. The molecule has 0 aliphatic rings. The number of benzene rings is 1. The third kappa shape index (κ3) is 3.80. The predicted molar refractivity (Wildman–Crippen MR) is 61.0 cm³/mol. The second-order valence-electron chi connectivity index (χ2n) is 4.31. The van der Waals surface area contributed by atoms with Crippen LogP contribution in [-0.4, -0.2) is 16.8 Å². The SMILES string of the molecule is CC(C)CNC(C)c1cc(O)cc(O)c1. The van der Waals surface area contributed by atoms with Crippen LogP contribution in [0.5, 0.6) is 11.5 Å². The van der Waals surface area contributed by atoms with Crippen LogP contribution >= 0.6 is 0 Å². The van der Waals surface area contributed by atoms with E-state index in [1.165, 1.54) is 6.07 Å². The molecular formula is C12H19NO2. The van der Waals surface area contributed by atoms with E-state index in [4.69, 9.17) is 0 Å². The topological polar surface area (TPSA) is 52.5 Å². The largest absolute Gasteiger partial charge is 0.508 e. The number of rotatable bonds is 4. The number of hydrogen-bond donors (Lipinski definition) is 3. The van der Waals surface area contributed by atoms with Crippen molar-refractivity contribution >= 4 is 0 Å². The van der Waals surface area contributed by atoms with Gasteiger partial charge in [0.25, 0.3) is 0 Å². The van der Waals surface area contributed by atoms with Crippen LogP contribution in [0.2, 0.25) is 0 Å². The van der Waals surface area contributed by atoms with E-state index in [0.29, 0.717) is 5.92 Å². The van der Waals surface area contributed by atoms with Gasteiger partial charge in [-0.2, -0.15) is 0 Å². The molecule has 0 heterocycles. The van der Waals surface area contributed by atoms with E-state index in [2.05, 4.69) is 19.2 Å². The van der Waals surface area contributed by atoms with Crippen molar-refractivity contribution in [1.82, 2.24) is 5.32 Å². The van der Waals surface area contributed by atoms with Crippen LogP contribution in [0.25, 0.3) is 0 Å². The molecule has 1 atom stereocenters. The Labute approximate surface area is 90.8 Å². The molecule has 0 aromatic heterocycles. The lowest BCUT2D eigenvalue weighted by atomic mass is 10.1. The van der Waals surface area contributed by atoms with E-state index in [-0.39, 0.29) is 17.5 Å². The minimum absolute atomic E-state index is 0.100. The summed E-state index contributed by atoms with van der Waals surface area (Å²) >= 11 is 0. The van der Waals surface area contributed by atoms with Crippen LogP contribution < -0.4 is 5.32 Å². The van der Waals surface area contributed by atoms with Crippen LogP contribution in [0.4, 0.5) is 0 Å². The quantitative estimate of drug-likeness (QED) is 0.713. The molecule has 0 spiro atoms. The summed E-state index contributed by atoms with van der Waals surface area (Å²) in [6.07, 6.45) is 0. The maximum Gasteiger partial charge on any atom is 0.119 e. The van der Waals surface area contributed by atoms with Gasteiger partial charge in [-0.1, -0.05) is 13.8 Å². The summed E-state index contributed by atoms with van der Waals surface area (Å²) in [6, 6.07) is 4.79. The summed E-state index contributed by atoms with van der Waals surface area (Å²) < 4.78 is 0. The molecule has 1 unspecified atom stereocenters. The van der Waals surface area contributed by atoms with Crippen molar-refractivity contribution in [3.63, 3.8) is 0 Å². The van der Waals surface area contributed by atoms with Crippen LogP contribution in [0, 0.1) is 5.92 Å². The monoisotopic (exact) mass is 209 g/mol. The fourth-order valence-corrected chi connectivity index (χ4v) is 1.40. The standard InChI is InChI=1S/C12H19NO2/c1-8(2)7-13-9(3)10-4-11(14)6-12(15)5-10/h4-6,8-9,13-15H,7H2,1-3H3. The van der Waals surface area contributed by atoms with Gasteiger partial charge in [0.1, 0.15) is 11.5 Å². The first-order valence-electron chi connectivity index (χ1n) is 5.25. The molecule has 15 heavy (non-hydrogen) atoms. The molecule has 1 rings (SSSR count). The van der Waals surface area contributed by atoms with Gasteiger partial charge in [0.05, 0.1) is 0 Å². The van der Waals surface area contributed by atoms with Crippen molar-refractivity contribution in [3.05, 3.63) is 23.8 Å². The molecule has 0 aliphatic heterocycles. The molecule has 0 bridgehead atoms. The summed E-state index contributed by atoms with van der Waals surface area (Å²) in [5.74, 6) is 0.782. The Morgan fingerprint density at radius 2 is 1.60 bits per heavy atom. The highest BCUT2D eigenvalue weighted by molar-refractivity contribution is 5.37. The lowest BCUT2D eigenvalue weighted by Crippen LogP contribution is -2.23. The van der Waals surface area contributed by atoms with Gasteiger partial charge in [0.2, 0.25) is 0 Å². The molecular weight excluding hydrogens is 190 g/mol. The molecule has 0 saturated carbocycles. The Kier molecular flexibility index (Phi) is 3.97. The molecule has 0 fully saturated rings. The number of phenols is 2. The fourth-order valence-electron chi connectivity index (χ4n) is 1.40. The maximum atomic E-state index is 9.33. The minimum Gasteiger partial charge on any atom is -0.508 e. The molecule has 1 aromatic carbocycles. The smallest absolute Gasteiger partial charge is 0.119 e. The Morgan fingerprint density at radius 1 is 1.07 bits per heavy atom. The Bertz CT molecular complexity index is 303. The van der Waals surface area contributed by atoms with Gasteiger partial charge in [0.15, 0.2) is 0 Å². The summed E-state index contributed by atoms with van der Waals surface area (Å²) in [5.41, 5.74) is 0.896. The van der Waals surface area contributed by atoms with Crippen molar-refractivity contribution in [2.75, 3.05) is 6.54 Å². The molecule has 84 valence electrons. The van der Waals surface area contributed by atoms with Crippen molar-refractivity contribution in [2.45, 2.75) is 26.8 Å². The number of hydrogen-bond acceptors (Lipinski definition) is 3. The van der Waals surface area contributed by atoms with Crippen molar-refractivity contribution in [2.24, 2.45) is 5.92 Å². The summed E-state index contributed by atoms with van der Waals surface area (Å²) in [7, 11) is 0. The van der Waals surface area contributed by atoms with E-state index in [1.807, 2.05) is 6.92 Å². The zero-order valence-electron chi connectivity index (χ0n) is 9.49. The molecule has 3 heteroatoms. The van der Waals surface area contributed by atoms with Gasteiger partial charge in [-0.3, -0.25) is 0 Å². The van der Waals surface area contributed by atoms with Gasteiger partial charge in [-0.25, -0.2) is 0 Å². The first-order valence-corrected chi connectivity index (χ1v) is 5.25. The molecule has 0 radical (unpaired) electrons. The van der Waals surface area contributed by atoms with Crippen molar-refractivity contribution in [1.29, 1.82) is 0 Å². The normalized spacial score (nSPS) is 13.1. The van der Waals surface area contributed by atoms with Crippen molar-refractivity contribution in [3.8, 4) is 11.5 Å². The zero-order valence-corrected chi connectivity index (χ0v) is 9.49. The lowest BCUT2D eigenvalue weighted by molar-refractivity contribution is 0.443. The van der Waals surface area contributed by atoms with E-state index < -0.39 is 0 Å². The minimum atomic E-state index is 0.100. The molecule has 0 amide bonds. The molecule has 1 aromatic rings. The predicted octanol–water partition coefficient (Wildman–Crippen LogP) is 2.40. The van der Waals surface area contributed by atoms with Crippen LogP contribution in [-0.2, 0) is 0 Å². The second-order valence-corrected chi connectivity index (χ2v) is 4.31. The average Bonchev–Trinajstić information content (AvgIpc) is 2.12. The van der Waals surface area contributed by atoms with E-state index in [9.17, 15) is 10.2 Å². The molecule has 0 aliphatic carbocycles. The zero-order chi connectivity index (χ0) is 11.4. The van der Waals surface area contributed by atoms with Gasteiger partial charge in [0, 0.05) is 12.1 Å². The average molecular weight is 209 g/mol. The van der Waals surface area contributed by atoms with Crippen LogP contribution in [0.3, 0.4) is 0 Å². The third-order valence-corrected chi connectivity index (χ3v) is 2.26. The van der Waals surface area contributed by atoms with Gasteiger partial charge < -0.3 is 15.5 Å². The molecule has 3 N–H and O–H groups in total. The van der Waals surface area contributed by atoms with Gasteiger partial charge in [-0.05, 0) is 37.1 Å². The Hall–Kier alpha value is -1.22. The maximum absolute atomic E-state index is 9.33. The van der Waals surface area contributed by atoms with Crippen molar-refractivity contribution < 1.29 is 10.2 Å². The van der Waals surface area contributed by atoms with Crippen LogP contribution in [0.1, 0.15) is 32.4 Å². The van der Waals surface area contributed by atoms with Gasteiger partial charge in [-0.15, -0.1) is 0 Å². The first-order chi connectivity index (χ1) is 6.99. The highest BCUT2D eigenvalue weighted by atomic mass is 16.3. The summed E-state index contributed by atoms with van der Waals surface area (Å²) in [5, 5.41) is 22.0. The fraction of sp³-hybridized carbons (Fsp3) is 0.500. The summed E-state index contributed by atoms with van der Waals surface area (Å²) in [4.78, 5) is 0. The number of nitrogens with one attached hydrogen (secondary N) is 1. The number of aromatic hydroxyl groups is 2. The Morgan fingerprint density at radius 3 is 2.07 bits per heavy atom. The van der Waals surface area contributed by atoms with Crippen LogP contribution in [0.15, 0.2) is 18.2 Å². The number of phenolic OH excluding ortho intramolecular Hbond substituents is 2. The highest BCUT2D eigenvalue weighted by Gasteiger charge is 2.07. The van der Waals surface area contributed by atoms with E-state index >= 15 is 0 Å². The first kappa shape index (κ1) is 11.9.